The second-order valence-electron chi connectivity index (χ2n) is 6.65. The number of hydrogen-bond acceptors (Lipinski definition) is 7. The molecule has 1 saturated carbocycles. The molecule has 1 aliphatic carbocycles. The van der Waals surface area contributed by atoms with Gasteiger partial charge in [-0.2, -0.15) is 0 Å². The Bertz CT molecular complexity index is 1100. The number of hydrogen-bond donors (Lipinski definition) is 1. The molecule has 0 bridgehead atoms. The van der Waals surface area contributed by atoms with Crippen LogP contribution in [0.25, 0.3) is 27.8 Å². The van der Waals surface area contributed by atoms with Gasteiger partial charge in [0.2, 0.25) is 5.95 Å². The Balaban J connectivity index is 1.40. The number of pyridine rings is 1. The molecule has 0 unspecified atom stereocenters. The van der Waals surface area contributed by atoms with Crippen molar-refractivity contribution in [1.82, 2.24) is 29.5 Å². The maximum atomic E-state index is 5.60. The number of anilines is 1. The zero-order valence-corrected chi connectivity index (χ0v) is 14.9. The average Bonchev–Trinajstić information content (AvgIpc) is 3.09. The van der Waals surface area contributed by atoms with E-state index in [0.29, 0.717) is 23.7 Å². The predicted molar refractivity (Wildman–Crippen MR) is 101 cm³/mol. The molecule has 8 heteroatoms. The molecular formula is C19H19N7O. The highest BCUT2D eigenvalue weighted by atomic mass is 16.5. The molecule has 4 aromatic heterocycles. The van der Waals surface area contributed by atoms with Gasteiger partial charge in [-0.05, 0) is 31.9 Å². The smallest absolute Gasteiger partial charge is 0.241 e. The van der Waals surface area contributed by atoms with Crippen LogP contribution >= 0.6 is 0 Å². The average molecular weight is 361 g/mol. The van der Waals surface area contributed by atoms with Crippen LogP contribution in [0, 0.1) is 0 Å². The monoisotopic (exact) mass is 361 g/mol. The summed E-state index contributed by atoms with van der Waals surface area (Å²) in [6, 6.07) is 4.37. The lowest BCUT2D eigenvalue weighted by Crippen LogP contribution is -2.41. The molecule has 0 aromatic carbocycles. The van der Waals surface area contributed by atoms with E-state index in [1.807, 2.05) is 36.0 Å². The van der Waals surface area contributed by atoms with E-state index in [1.165, 1.54) is 0 Å². The molecular weight excluding hydrogens is 342 g/mol. The van der Waals surface area contributed by atoms with Gasteiger partial charge < -0.3 is 10.1 Å². The summed E-state index contributed by atoms with van der Waals surface area (Å²) in [5.74, 6) is 0.632. The number of ether oxygens (including phenoxy) is 1. The van der Waals surface area contributed by atoms with E-state index >= 15 is 0 Å². The zero-order valence-electron chi connectivity index (χ0n) is 14.9. The van der Waals surface area contributed by atoms with Gasteiger partial charge in [0.05, 0.1) is 17.8 Å². The maximum Gasteiger partial charge on any atom is 0.241 e. The number of nitrogens with zero attached hydrogens (tertiary/aromatic N) is 6. The summed E-state index contributed by atoms with van der Waals surface area (Å²) in [7, 11) is 0. The van der Waals surface area contributed by atoms with Crippen molar-refractivity contribution < 1.29 is 4.74 Å². The van der Waals surface area contributed by atoms with Gasteiger partial charge in [-0.25, -0.2) is 19.5 Å². The molecule has 136 valence electrons. The van der Waals surface area contributed by atoms with Crippen molar-refractivity contribution in [2.75, 3.05) is 11.9 Å². The summed E-state index contributed by atoms with van der Waals surface area (Å²) >= 11 is 0. The molecule has 5 rings (SSSR count). The third kappa shape index (κ3) is 2.97. The summed E-state index contributed by atoms with van der Waals surface area (Å²) in [6.45, 7) is 2.79. The van der Waals surface area contributed by atoms with Crippen molar-refractivity contribution in [3.05, 3.63) is 43.1 Å². The van der Waals surface area contributed by atoms with E-state index < -0.39 is 0 Å². The van der Waals surface area contributed by atoms with E-state index in [4.69, 9.17) is 4.74 Å². The highest BCUT2D eigenvalue weighted by Crippen LogP contribution is 2.28. The Morgan fingerprint density at radius 1 is 1.15 bits per heavy atom. The predicted octanol–water partition coefficient (Wildman–Crippen LogP) is 2.71. The number of nitrogens with one attached hydrogen (secondary N) is 1. The van der Waals surface area contributed by atoms with Crippen molar-refractivity contribution in [3.8, 4) is 11.1 Å². The van der Waals surface area contributed by atoms with Crippen molar-refractivity contribution in [3.63, 3.8) is 0 Å². The van der Waals surface area contributed by atoms with E-state index in [1.54, 1.807) is 18.6 Å². The summed E-state index contributed by atoms with van der Waals surface area (Å²) in [4.78, 5) is 17.4. The lowest BCUT2D eigenvalue weighted by Gasteiger charge is -2.35. The van der Waals surface area contributed by atoms with Crippen LogP contribution in [0.15, 0.2) is 43.1 Å². The highest BCUT2D eigenvalue weighted by molar-refractivity contribution is 5.84. The Labute approximate surface area is 155 Å². The Morgan fingerprint density at radius 3 is 2.93 bits per heavy atom. The first-order chi connectivity index (χ1) is 13.3. The lowest BCUT2D eigenvalue weighted by atomic mass is 9.89. The topological polar surface area (TPSA) is 90.1 Å². The van der Waals surface area contributed by atoms with Crippen molar-refractivity contribution >= 4 is 22.6 Å². The Morgan fingerprint density at radius 2 is 2.04 bits per heavy atom. The van der Waals surface area contributed by atoms with Gasteiger partial charge >= 0.3 is 0 Å². The van der Waals surface area contributed by atoms with Crippen LogP contribution in [-0.2, 0) is 4.74 Å². The maximum absolute atomic E-state index is 5.60. The van der Waals surface area contributed by atoms with Crippen LogP contribution in [0.3, 0.4) is 0 Å². The molecule has 8 nitrogen and oxygen atoms in total. The highest BCUT2D eigenvalue weighted by Gasteiger charge is 2.30. The third-order valence-corrected chi connectivity index (χ3v) is 4.88. The fourth-order valence-corrected chi connectivity index (χ4v) is 3.45. The SMILES string of the molecule is CCO[C@H]1C[C@H](Nc2ncc3c(-c4cnc5nccnc5c4)ccn3n2)C1. The fraction of sp³-hybridized carbons (Fsp3) is 0.316. The van der Waals surface area contributed by atoms with Gasteiger partial charge in [-0.15, -0.1) is 5.10 Å². The Kier molecular flexibility index (Phi) is 3.90. The summed E-state index contributed by atoms with van der Waals surface area (Å²) < 4.78 is 7.43. The van der Waals surface area contributed by atoms with Crippen LogP contribution in [-0.4, -0.2) is 48.3 Å². The van der Waals surface area contributed by atoms with Gasteiger partial charge in [-0.1, -0.05) is 0 Å². The number of rotatable bonds is 5. The van der Waals surface area contributed by atoms with Crippen molar-refractivity contribution in [2.24, 2.45) is 0 Å². The first-order valence-electron chi connectivity index (χ1n) is 9.10. The molecule has 0 saturated heterocycles. The standard InChI is InChI=1S/C19H19N7O/c1-2-27-14-8-13(9-14)24-19-23-11-17-15(3-6-26(17)25-19)12-7-16-18(22-10-12)21-5-4-20-16/h3-7,10-11,13-14H,2,8-9H2,1H3,(H,24,25)/t13-,14-. The van der Waals surface area contributed by atoms with E-state index in [9.17, 15) is 0 Å². The molecule has 27 heavy (non-hydrogen) atoms. The molecule has 0 radical (unpaired) electrons. The summed E-state index contributed by atoms with van der Waals surface area (Å²) in [6.07, 6.45) is 11.2. The molecule has 1 N–H and O–H groups in total. The van der Waals surface area contributed by atoms with E-state index in [2.05, 4.69) is 30.4 Å². The first-order valence-corrected chi connectivity index (χ1v) is 9.10. The molecule has 1 aliphatic rings. The van der Waals surface area contributed by atoms with Crippen LogP contribution in [0.2, 0.25) is 0 Å². The molecule has 0 spiro atoms. The van der Waals surface area contributed by atoms with Gasteiger partial charge in [-0.3, -0.25) is 4.98 Å². The largest absolute Gasteiger partial charge is 0.378 e. The minimum atomic E-state index is 0.359. The minimum absolute atomic E-state index is 0.359. The third-order valence-electron chi connectivity index (χ3n) is 4.88. The van der Waals surface area contributed by atoms with Crippen molar-refractivity contribution in [2.45, 2.75) is 31.9 Å². The zero-order chi connectivity index (χ0) is 18.2. The second-order valence-corrected chi connectivity index (χ2v) is 6.65. The van der Waals surface area contributed by atoms with Gasteiger partial charge in [0.15, 0.2) is 5.65 Å². The normalized spacial score (nSPS) is 19.3. The summed E-state index contributed by atoms with van der Waals surface area (Å²) in [5.41, 5.74) is 4.31. The molecule has 0 atom stereocenters. The molecule has 4 heterocycles. The molecule has 4 aromatic rings. The van der Waals surface area contributed by atoms with E-state index in [0.717, 1.165) is 41.6 Å². The fourth-order valence-electron chi connectivity index (χ4n) is 3.45. The summed E-state index contributed by atoms with van der Waals surface area (Å²) in [5, 5.41) is 7.96. The van der Waals surface area contributed by atoms with Crippen LogP contribution in [0.5, 0.6) is 0 Å². The quantitative estimate of drug-likeness (QED) is 0.584. The van der Waals surface area contributed by atoms with E-state index in [-0.39, 0.29) is 0 Å². The van der Waals surface area contributed by atoms with Gasteiger partial charge in [0, 0.05) is 48.6 Å². The first kappa shape index (κ1) is 16.1. The molecule has 1 fully saturated rings. The lowest BCUT2D eigenvalue weighted by molar-refractivity contribution is 0.00283. The molecule has 0 amide bonds. The van der Waals surface area contributed by atoms with Crippen LogP contribution in [0.4, 0.5) is 5.95 Å². The molecule has 0 aliphatic heterocycles. The number of aromatic nitrogens is 6. The van der Waals surface area contributed by atoms with Crippen molar-refractivity contribution in [1.29, 1.82) is 0 Å². The van der Waals surface area contributed by atoms with Crippen LogP contribution < -0.4 is 5.32 Å². The minimum Gasteiger partial charge on any atom is -0.378 e. The van der Waals surface area contributed by atoms with Gasteiger partial charge in [0.25, 0.3) is 0 Å². The second kappa shape index (κ2) is 6.55. The Hall–Kier alpha value is -3.13. The van der Waals surface area contributed by atoms with Gasteiger partial charge in [0.1, 0.15) is 5.52 Å². The van der Waals surface area contributed by atoms with Crippen LogP contribution in [0.1, 0.15) is 19.8 Å². The number of fused-ring (bicyclic) bond motifs is 2.